The molecule has 1 aliphatic rings. The molecule has 6 nitrogen and oxygen atoms in total. The van der Waals surface area contributed by atoms with Gasteiger partial charge in [-0.25, -0.2) is 13.1 Å². The zero-order valence-electron chi connectivity index (χ0n) is 15.3. The molecule has 2 atom stereocenters. The molecule has 0 fully saturated rings. The molecule has 2 unspecified atom stereocenters. The van der Waals surface area contributed by atoms with Crippen LogP contribution in [0.25, 0.3) is 0 Å². The van der Waals surface area contributed by atoms with E-state index in [9.17, 15) is 26.7 Å². The molecule has 2 N–H and O–H groups in total. The minimum absolute atomic E-state index is 0.132. The molecule has 0 radical (unpaired) electrons. The van der Waals surface area contributed by atoms with E-state index in [0.29, 0.717) is 17.1 Å². The van der Waals surface area contributed by atoms with Crippen molar-refractivity contribution in [2.45, 2.75) is 50.5 Å². The van der Waals surface area contributed by atoms with Crippen LogP contribution in [0.1, 0.15) is 38.2 Å². The normalized spacial score (nSPS) is 22.0. The van der Waals surface area contributed by atoms with Gasteiger partial charge in [-0.15, -0.1) is 0 Å². The van der Waals surface area contributed by atoms with Crippen LogP contribution < -0.4 is 14.2 Å². The Morgan fingerprint density at radius 2 is 2.00 bits per heavy atom. The SMILES string of the molecule is CNS(=O)(=O)CC1c2cc(OCCCC(F)(F)F)ccc2OC(C)(C)C1O. The summed E-state index contributed by atoms with van der Waals surface area (Å²) in [6, 6.07) is 4.63. The molecule has 0 spiro atoms. The first-order valence-corrected chi connectivity index (χ1v) is 10.1. The topological polar surface area (TPSA) is 84.9 Å². The smallest absolute Gasteiger partial charge is 0.389 e. The van der Waals surface area contributed by atoms with Gasteiger partial charge in [-0.1, -0.05) is 0 Å². The minimum atomic E-state index is -4.24. The van der Waals surface area contributed by atoms with Crippen molar-refractivity contribution >= 4 is 10.0 Å². The molecule has 0 aromatic heterocycles. The molecule has 1 aliphatic heterocycles. The molecule has 27 heavy (non-hydrogen) atoms. The molecular formula is C17H24F3NO5S. The number of aliphatic hydroxyl groups is 1. The van der Waals surface area contributed by atoms with E-state index in [1.807, 2.05) is 0 Å². The zero-order valence-corrected chi connectivity index (χ0v) is 16.2. The third kappa shape index (κ3) is 5.73. The van der Waals surface area contributed by atoms with Crippen LogP contribution >= 0.6 is 0 Å². The van der Waals surface area contributed by atoms with E-state index in [2.05, 4.69) is 4.72 Å². The number of rotatable bonds is 7. The maximum absolute atomic E-state index is 12.2. The highest BCUT2D eigenvalue weighted by molar-refractivity contribution is 7.89. The van der Waals surface area contributed by atoms with Crippen molar-refractivity contribution < 1.29 is 36.2 Å². The molecule has 0 amide bonds. The highest BCUT2D eigenvalue weighted by atomic mass is 32.2. The van der Waals surface area contributed by atoms with Gasteiger partial charge in [-0.2, -0.15) is 13.2 Å². The van der Waals surface area contributed by atoms with Gasteiger partial charge in [-0.05, 0) is 45.5 Å². The van der Waals surface area contributed by atoms with Gasteiger partial charge >= 0.3 is 6.18 Å². The summed E-state index contributed by atoms with van der Waals surface area (Å²) < 4.78 is 74.0. The number of hydrogen-bond acceptors (Lipinski definition) is 5. The van der Waals surface area contributed by atoms with Crippen LogP contribution in [0.5, 0.6) is 11.5 Å². The summed E-state index contributed by atoms with van der Waals surface area (Å²) in [5.41, 5.74) is -0.565. The average molecular weight is 411 g/mol. The Morgan fingerprint density at radius 1 is 1.33 bits per heavy atom. The third-order valence-electron chi connectivity index (χ3n) is 4.43. The molecule has 1 heterocycles. The maximum atomic E-state index is 12.2. The number of fused-ring (bicyclic) bond motifs is 1. The van der Waals surface area contributed by atoms with Crippen molar-refractivity contribution in [3.63, 3.8) is 0 Å². The van der Waals surface area contributed by atoms with E-state index in [0.717, 1.165) is 0 Å². The molecule has 154 valence electrons. The molecule has 0 bridgehead atoms. The Labute approximate surface area is 156 Å². The van der Waals surface area contributed by atoms with Gasteiger partial charge in [0.1, 0.15) is 23.2 Å². The summed E-state index contributed by atoms with van der Waals surface area (Å²) in [5, 5.41) is 10.6. The van der Waals surface area contributed by atoms with Crippen LogP contribution in [0.2, 0.25) is 0 Å². The van der Waals surface area contributed by atoms with Crippen molar-refractivity contribution in [1.82, 2.24) is 4.72 Å². The molecule has 1 aromatic carbocycles. The Kier molecular flexibility index (Phi) is 6.33. The van der Waals surface area contributed by atoms with Crippen LogP contribution in [0.4, 0.5) is 13.2 Å². The Morgan fingerprint density at radius 3 is 2.59 bits per heavy atom. The lowest BCUT2D eigenvalue weighted by Gasteiger charge is -2.42. The van der Waals surface area contributed by atoms with Gasteiger partial charge in [0.2, 0.25) is 10.0 Å². The van der Waals surface area contributed by atoms with Crippen molar-refractivity contribution in [3.8, 4) is 11.5 Å². The lowest BCUT2D eigenvalue weighted by Crippen LogP contribution is -2.50. The molecule has 2 rings (SSSR count). The fourth-order valence-corrected chi connectivity index (χ4v) is 3.96. The van der Waals surface area contributed by atoms with E-state index >= 15 is 0 Å². The summed E-state index contributed by atoms with van der Waals surface area (Å²) >= 11 is 0. The van der Waals surface area contributed by atoms with Crippen LogP contribution in [0.3, 0.4) is 0 Å². The van der Waals surface area contributed by atoms with Crippen LogP contribution in [-0.2, 0) is 10.0 Å². The number of alkyl halides is 3. The van der Waals surface area contributed by atoms with Crippen LogP contribution in [0, 0.1) is 0 Å². The lowest BCUT2D eigenvalue weighted by atomic mass is 9.82. The number of benzene rings is 1. The molecule has 10 heteroatoms. The summed E-state index contributed by atoms with van der Waals surface area (Å²) in [7, 11) is -2.34. The summed E-state index contributed by atoms with van der Waals surface area (Å²) in [4.78, 5) is 0. The Hall–Kier alpha value is -1.52. The van der Waals surface area contributed by atoms with Crippen molar-refractivity contribution in [1.29, 1.82) is 0 Å². The second-order valence-corrected chi connectivity index (χ2v) is 8.98. The fourth-order valence-electron chi connectivity index (χ4n) is 2.96. The standard InChI is InChI=1S/C17H24F3NO5S/c1-16(2)15(22)13(10-27(23,24)21-3)12-9-11(5-6-14(12)26-16)25-8-4-7-17(18,19)20/h5-6,9,13,15,21-22H,4,7-8,10H2,1-3H3. The highest BCUT2D eigenvalue weighted by Gasteiger charge is 2.44. The first-order chi connectivity index (χ1) is 12.3. The lowest BCUT2D eigenvalue weighted by molar-refractivity contribution is -0.136. The van der Waals surface area contributed by atoms with Gasteiger partial charge in [0, 0.05) is 17.9 Å². The van der Waals surface area contributed by atoms with Gasteiger partial charge in [0.15, 0.2) is 0 Å². The van der Waals surface area contributed by atoms with Gasteiger partial charge in [0.25, 0.3) is 0 Å². The van der Waals surface area contributed by atoms with Crippen molar-refractivity contribution in [2.75, 3.05) is 19.4 Å². The monoisotopic (exact) mass is 411 g/mol. The van der Waals surface area contributed by atoms with Crippen molar-refractivity contribution in [3.05, 3.63) is 23.8 Å². The quantitative estimate of drug-likeness (QED) is 0.674. The molecular weight excluding hydrogens is 387 g/mol. The highest BCUT2D eigenvalue weighted by Crippen LogP contribution is 2.43. The number of hydrogen-bond donors (Lipinski definition) is 2. The first-order valence-electron chi connectivity index (χ1n) is 8.46. The summed E-state index contributed by atoms with van der Waals surface area (Å²) in [6.07, 6.45) is -6.48. The van der Waals surface area contributed by atoms with E-state index in [1.54, 1.807) is 26.0 Å². The van der Waals surface area contributed by atoms with E-state index in [-0.39, 0.29) is 18.8 Å². The number of halogens is 3. The predicted octanol–water partition coefficient (Wildman–Crippen LogP) is 2.57. The largest absolute Gasteiger partial charge is 0.494 e. The zero-order chi connectivity index (χ0) is 20.5. The van der Waals surface area contributed by atoms with Crippen molar-refractivity contribution in [2.24, 2.45) is 0 Å². The molecule has 0 saturated carbocycles. The maximum Gasteiger partial charge on any atom is 0.389 e. The molecule has 0 saturated heterocycles. The third-order valence-corrected chi connectivity index (χ3v) is 5.85. The Bertz CT molecular complexity index is 764. The summed E-state index contributed by atoms with van der Waals surface area (Å²) in [5.74, 6) is -0.440. The van der Waals surface area contributed by atoms with E-state index in [4.69, 9.17) is 9.47 Å². The van der Waals surface area contributed by atoms with Gasteiger partial charge < -0.3 is 14.6 Å². The predicted molar refractivity (Wildman–Crippen MR) is 93.5 cm³/mol. The molecule has 0 aliphatic carbocycles. The number of aliphatic hydroxyl groups excluding tert-OH is 1. The van der Waals surface area contributed by atoms with E-state index < -0.39 is 40.2 Å². The van der Waals surface area contributed by atoms with Crippen LogP contribution in [-0.4, -0.2) is 50.8 Å². The van der Waals surface area contributed by atoms with E-state index in [1.165, 1.54) is 13.1 Å². The Balaban J connectivity index is 2.23. The average Bonchev–Trinajstić information content (AvgIpc) is 2.55. The number of sulfonamides is 1. The summed E-state index contributed by atoms with van der Waals surface area (Å²) in [6.45, 7) is 3.18. The molecule has 1 aromatic rings. The first kappa shape index (κ1) is 21.8. The fraction of sp³-hybridized carbons (Fsp3) is 0.647. The van der Waals surface area contributed by atoms with Gasteiger partial charge in [-0.3, -0.25) is 0 Å². The number of ether oxygens (including phenoxy) is 2. The second kappa shape index (κ2) is 7.84. The van der Waals surface area contributed by atoms with Gasteiger partial charge in [0.05, 0.1) is 12.4 Å². The van der Waals surface area contributed by atoms with Crippen LogP contribution in [0.15, 0.2) is 18.2 Å². The minimum Gasteiger partial charge on any atom is -0.494 e. The second-order valence-electron chi connectivity index (χ2n) is 7.01. The number of nitrogens with one attached hydrogen (secondary N) is 1.